The van der Waals surface area contributed by atoms with Gasteiger partial charge in [-0.1, -0.05) is 6.07 Å². The highest BCUT2D eigenvalue weighted by Gasteiger charge is 2.43. The van der Waals surface area contributed by atoms with Gasteiger partial charge in [-0.25, -0.2) is 0 Å². The molecule has 0 aliphatic carbocycles. The van der Waals surface area contributed by atoms with Crippen molar-refractivity contribution in [2.45, 2.75) is 19.3 Å². The maximum Gasteiger partial charge on any atom is 0.586 e. The van der Waals surface area contributed by atoms with Gasteiger partial charge in [0.05, 0.1) is 6.26 Å². The monoisotopic (exact) mass is 364 g/mol. The Hall–Kier alpha value is -2.61. The van der Waals surface area contributed by atoms with Crippen molar-refractivity contribution >= 4 is 5.91 Å². The van der Waals surface area contributed by atoms with Crippen LogP contribution in [-0.4, -0.2) is 48.2 Å². The van der Waals surface area contributed by atoms with E-state index in [1.807, 2.05) is 0 Å². The van der Waals surface area contributed by atoms with E-state index >= 15 is 0 Å². The predicted octanol–water partition coefficient (Wildman–Crippen LogP) is 2.95. The zero-order chi connectivity index (χ0) is 18.1. The number of rotatable bonds is 3. The molecule has 0 radical (unpaired) electrons. The Morgan fingerprint density at radius 1 is 1.08 bits per heavy atom. The number of nitrogens with zero attached hydrogens (tertiary/aromatic N) is 2. The topological polar surface area (TPSA) is 55.2 Å². The van der Waals surface area contributed by atoms with Gasteiger partial charge in [-0.15, -0.1) is 8.78 Å². The van der Waals surface area contributed by atoms with Gasteiger partial charge in [-0.2, -0.15) is 0 Å². The molecule has 0 atom stereocenters. The number of ether oxygens (including phenoxy) is 2. The molecule has 1 fully saturated rings. The highest BCUT2D eigenvalue weighted by Crippen LogP contribution is 2.41. The van der Waals surface area contributed by atoms with Crippen LogP contribution in [0.25, 0.3) is 0 Å². The molecule has 0 unspecified atom stereocenters. The van der Waals surface area contributed by atoms with Crippen LogP contribution in [0.15, 0.2) is 41.0 Å². The summed E-state index contributed by atoms with van der Waals surface area (Å²) >= 11 is 0. The summed E-state index contributed by atoms with van der Waals surface area (Å²) in [6, 6.07) is 8.18. The van der Waals surface area contributed by atoms with E-state index in [0.29, 0.717) is 31.9 Å². The molecule has 0 bridgehead atoms. The van der Waals surface area contributed by atoms with Gasteiger partial charge in [0.15, 0.2) is 17.3 Å². The zero-order valence-electron chi connectivity index (χ0n) is 14.0. The number of alkyl halides is 2. The highest BCUT2D eigenvalue weighted by atomic mass is 19.3. The molecule has 8 heteroatoms. The summed E-state index contributed by atoms with van der Waals surface area (Å²) in [6.45, 7) is 3.33. The standard InChI is InChI=1S/C18H18F2N2O4/c19-18(20)25-14-5-4-13(11-16(14)26-18)12-21-6-2-7-22(9-8-21)17(23)15-3-1-10-24-15/h1,3-5,10-11H,2,6-9,12H2. The number of amides is 1. The molecule has 0 saturated carbocycles. The number of fused-ring (bicyclic) bond motifs is 1. The summed E-state index contributed by atoms with van der Waals surface area (Å²) < 4.78 is 40.3. The predicted molar refractivity (Wildman–Crippen MR) is 87.2 cm³/mol. The maximum atomic E-state index is 13.1. The van der Waals surface area contributed by atoms with Gasteiger partial charge in [0.2, 0.25) is 0 Å². The molecule has 26 heavy (non-hydrogen) atoms. The number of halogens is 2. The van der Waals surface area contributed by atoms with Crippen molar-refractivity contribution in [3.05, 3.63) is 47.9 Å². The molecule has 2 aromatic rings. The fraction of sp³-hybridized carbons (Fsp3) is 0.389. The van der Waals surface area contributed by atoms with Gasteiger partial charge in [0.1, 0.15) is 0 Å². The maximum absolute atomic E-state index is 13.1. The van der Waals surface area contributed by atoms with Crippen molar-refractivity contribution in [1.82, 2.24) is 9.80 Å². The van der Waals surface area contributed by atoms with Crippen LogP contribution in [0.3, 0.4) is 0 Å². The Labute approximate surface area is 148 Å². The molecule has 1 amide bonds. The van der Waals surface area contributed by atoms with Crippen LogP contribution in [0, 0.1) is 0 Å². The van der Waals surface area contributed by atoms with E-state index in [1.54, 1.807) is 29.2 Å². The van der Waals surface area contributed by atoms with Gasteiger partial charge in [-0.3, -0.25) is 9.69 Å². The Kier molecular flexibility index (Phi) is 4.28. The number of carbonyl (C=O) groups excluding carboxylic acids is 1. The number of hydrogen-bond donors (Lipinski definition) is 0. The zero-order valence-corrected chi connectivity index (χ0v) is 14.0. The van der Waals surface area contributed by atoms with Crippen molar-refractivity contribution in [3.8, 4) is 11.5 Å². The van der Waals surface area contributed by atoms with Crippen LogP contribution in [-0.2, 0) is 6.54 Å². The van der Waals surface area contributed by atoms with Crippen LogP contribution in [0.4, 0.5) is 8.78 Å². The van der Waals surface area contributed by atoms with Crippen molar-refractivity contribution in [2.24, 2.45) is 0 Å². The number of hydrogen-bond acceptors (Lipinski definition) is 5. The molecule has 138 valence electrons. The number of furan rings is 1. The quantitative estimate of drug-likeness (QED) is 0.838. The molecule has 6 nitrogen and oxygen atoms in total. The van der Waals surface area contributed by atoms with Crippen LogP contribution in [0.5, 0.6) is 11.5 Å². The fourth-order valence-corrected chi connectivity index (χ4v) is 3.24. The summed E-state index contributed by atoms with van der Waals surface area (Å²) in [5.41, 5.74) is 0.857. The smallest absolute Gasteiger partial charge is 0.459 e. The third kappa shape index (κ3) is 3.50. The lowest BCUT2D eigenvalue weighted by Gasteiger charge is -2.21. The molecular formula is C18H18F2N2O4. The minimum atomic E-state index is -3.60. The van der Waals surface area contributed by atoms with Crippen LogP contribution in [0.1, 0.15) is 22.5 Å². The Balaban J connectivity index is 1.38. The summed E-state index contributed by atoms with van der Waals surface area (Å²) in [7, 11) is 0. The molecule has 2 aliphatic heterocycles. The minimum Gasteiger partial charge on any atom is -0.459 e. The van der Waals surface area contributed by atoms with Gasteiger partial charge < -0.3 is 18.8 Å². The first-order valence-electron chi connectivity index (χ1n) is 8.44. The third-order valence-electron chi connectivity index (χ3n) is 4.48. The van der Waals surface area contributed by atoms with Crippen LogP contribution < -0.4 is 9.47 Å². The van der Waals surface area contributed by atoms with Gasteiger partial charge in [0.25, 0.3) is 5.91 Å². The first-order chi connectivity index (χ1) is 12.5. The molecule has 2 aliphatic rings. The SMILES string of the molecule is O=C(c1ccco1)N1CCCN(Cc2ccc3c(c2)OC(F)(F)O3)CC1. The van der Waals surface area contributed by atoms with Crippen LogP contribution >= 0.6 is 0 Å². The van der Waals surface area contributed by atoms with E-state index in [4.69, 9.17) is 4.42 Å². The van der Waals surface area contributed by atoms with Gasteiger partial charge >= 0.3 is 6.29 Å². The lowest BCUT2D eigenvalue weighted by atomic mass is 10.2. The second-order valence-corrected chi connectivity index (χ2v) is 6.35. The van der Waals surface area contributed by atoms with Crippen LogP contribution in [0.2, 0.25) is 0 Å². The molecule has 3 heterocycles. The van der Waals surface area contributed by atoms with E-state index in [2.05, 4.69) is 14.4 Å². The Morgan fingerprint density at radius 3 is 2.73 bits per heavy atom. The minimum absolute atomic E-state index is 0.0461. The molecule has 0 N–H and O–H groups in total. The van der Waals surface area contributed by atoms with Crippen molar-refractivity contribution in [3.63, 3.8) is 0 Å². The lowest BCUT2D eigenvalue weighted by Crippen LogP contribution is -2.34. The van der Waals surface area contributed by atoms with Gasteiger partial charge in [-0.05, 0) is 36.2 Å². The first-order valence-corrected chi connectivity index (χ1v) is 8.44. The highest BCUT2D eigenvalue weighted by molar-refractivity contribution is 5.91. The van der Waals surface area contributed by atoms with Crippen molar-refractivity contribution in [2.75, 3.05) is 26.2 Å². The van der Waals surface area contributed by atoms with E-state index < -0.39 is 6.29 Å². The second-order valence-electron chi connectivity index (χ2n) is 6.35. The first kappa shape index (κ1) is 16.8. The molecule has 1 aromatic heterocycles. The van der Waals surface area contributed by atoms with E-state index in [9.17, 15) is 13.6 Å². The lowest BCUT2D eigenvalue weighted by molar-refractivity contribution is -0.286. The van der Waals surface area contributed by atoms with Crippen molar-refractivity contribution < 1.29 is 27.5 Å². The number of benzene rings is 1. The molecular weight excluding hydrogens is 346 g/mol. The van der Waals surface area contributed by atoms with Crippen molar-refractivity contribution in [1.29, 1.82) is 0 Å². The average Bonchev–Trinajstić information content (AvgIpc) is 3.16. The van der Waals surface area contributed by atoms with E-state index in [0.717, 1.165) is 18.5 Å². The van der Waals surface area contributed by atoms with Gasteiger partial charge in [0, 0.05) is 32.7 Å². The summed E-state index contributed by atoms with van der Waals surface area (Å²) in [5, 5.41) is 0. The molecule has 4 rings (SSSR count). The second kappa shape index (κ2) is 6.60. The average molecular weight is 364 g/mol. The Bertz CT molecular complexity index is 794. The summed E-state index contributed by atoms with van der Waals surface area (Å²) in [4.78, 5) is 16.3. The van der Waals surface area contributed by atoms with E-state index in [1.165, 1.54) is 12.3 Å². The summed E-state index contributed by atoms with van der Waals surface area (Å²) in [6.07, 6.45) is -1.29. The Morgan fingerprint density at radius 2 is 1.92 bits per heavy atom. The molecule has 1 saturated heterocycles. The fourth-order valence-electron chi connectivity index (χ4n) is 3.24. The largest absolute Gasteiger partial charge is 0.586 e. The van der Waals surface area contributed by atoms with E-state index in [-0.39, 0.29) is 17.4 Å². The molecule has 0 spiro atoms. The normalized spacial score (nSPS) is 19.4. The molecule has 1 aromatic carbocycles. The summed E-state index contributed by atoms with van der Waals surface area (Å²) in [5.74, 6) is 0.332. The number of carbonyl (C=O) groups is 1. The third-order valence-corrected chi connectivity index (χ3v) is 4.48.